The van der Waals surface area contributed by atoms with Crippen LogP contribution in [0.25, 0.3) is 0 Å². The second kappa shape index (κ2) is 7.03. The van der Waals surface area contributed by atoms with Gasteiger partial charge in [0.2, 0.25) is 10.0 Å². The Hall–Kier alpha value is -0.910. The summed E-state index contributed by atoms with van der Waals surface area (Å²) in [6.07, 6.45) is 1.81. The van der Waals surface area contributed by atoms with Gasteiger partial charge in [0, 0.05) is 13.1 Å². The molecule has 1 aromatic carbocycles. The second-order valence-corrected chi connectivity index (χ2v) is 6.92. The molecule has 1 rings (SSSR count). The van der Waals surface area contributed by atoms with E-state index in [0.29, 0.717) is 5.56 Å². The van der Waals surface area contributed by atoms with Crippen LogP contribution in [0.3, 0.4) is 0 Å². The van der Waals surface area contributed by atoms with Crippen LogP contribution in [0.1, 0.15) is 37.8 Å². The van der Waals surface area contributed by atoms with Gasteiger partial charge in [0.25, 0.3) is 0 Å². The summed E-state index contributed by atoms with van der Waals surface area (Å²) in [4.78, 5) is 0. The molecule has 0 saturated heterocycles. The van der Waals surface area contributed by atoms with Crippen LogP contribution >= 0.6 is 0 Å². The van der Waals surface area contributed by atoms with Crippen LogP contribution in [0.5, 0.6) is 0 Å². The summed E-state index contributed by atoms with van der Waals surface area (Å²) in [6, 6.07) is 7.06. The fraction of sp³-hybridized carbons (Fsp3) is 0.571. The van der Waals surface area contributed by atoms with E-state index < -0.39 is 10.0 Å². The lowest BCUT2D eigenvalue weighted by Gasteiger charge is -2.24. The van der Waals surface area contributed by atoms with Gasteiger partial charge in [-0.15, -0.1) is 0 Å². The molecule has 0 amide bonds. The molecule has 0 saturated carbocycles. The van der Waals surface area contributed by atoms with Gasteiger partial charge in [-0.05, 0) is 24.5 Å². The quantitative estimate of drug-likeness (QED) is 0.835. The Balaban J connectivity index is 2.83. The minimum atomic E-state index is -3.31. The third-order valence-electron chi connectivity index (χ3n) is 3.29. The van der Waals surface area contributed by atoms with Crippen molar-refractivity contribution in [2.45, 2.75) is 45.1 Å². The van der Waals surface area contributed by atoms with Gasteiger partial charge in [-0.1, -0.05) is 37.6 Å². The SMILES string of the molecule is CCCC(C)N(C)S(=O)(=O)Cc1cccc(CO)c1. The number of aliphatic hydroxyl groups is 1. The third kappa shape index (κ3) is 4.60. The van der Waals surface area contributed by atoms with Crippen molar-refractivity contribution in [1.29, 1.82) is 0 Å². The van der Waals surface area contributed by atoms with Gasteiger partial charge in [-0.2, -0.15) is 0 Å². The van der Waals surface area contributed by atoms with E-state index >= 15 is 0 Å². The molecule has 5 heteroatoms. The molecule has 1 N–H and O–H groups in total. The van der Waals surface area contributed by atoms with Crippen LogP contribution in [0, 0.1) is 0 Å². The lowest BCUT2D eigenvalue weighted by Crippen LogP contribution is -2.35. The van der Waals surface area contributed by atoms with Gasteiger partial charge in [-0.3, -0.25) is 0 Å². The molecule has 0 heterocycles. The molecular weight excluding hydrogens is 262 g/mol. The molecule has 0 aliphatic rings. The van der Waals surface area contributed by atoms with Crippen molar-refractivity contribution in [3.63, 3.8) is 0 Å². The lowest BCUT2D eigenvalue weighted by molar-refractivity contribution is 0.281. The van der Waals surface area contributed by atoms with Crippen LogP contribution in [-0.2, 0) is 22.4 Å². The first-order valence-corrected chi connectivity index (χ1v) is 8.16. The highest BCUT2D eigenvalue weighted by atomic mass is 32.2. The van der Waals surface area contributed by atoms with E-state index in [0.717, 1.165) is 18.4 Å². The maximum absolute atomic E-state index is 12.3. The highest BCUT2D eigenvalue weighted by molar-refractivity contribution is 7.88. The highest BCUT2D eigenvalue weighted by Crippen LogP contribution is 2.15. The summed E-state index contributed by atoms with van der Waals surface area (Å²) < 4.78 is 26.0. The lowest BCUT2D eigenvalue weighted by atomic mass is 10.1. The Morgan fingerprint density at radius 2 is 1.95 bits per heavy atom. The molecule has 108 valence electrons. The van der Waals surface area contributed by atoms with Gasteiger partial charge in [-0.25, -0.2) is 12.7 Å². The largest absolute Gasteiger partial charge is 0.392 e. The van der Waals surface area contributed by atoms with E-state index in [1.54, 1.807) is 31.3 Å². The van der Waals surface area contributed by atoms with Gasteiger partial charge < -0.3 is 5.11 Å². The van der Waals surface area contributed by atoms with Crippen molar-refractivity contribution in [3.05, 3.63) is 35.4 Å². The van der Waals surface area contributed by atoms with Crippen molar-refractivity contribution in [2.75, 3.05) is 7.05 Å². The normalized spacial score (nSPS) is 13.7. The topological polar surface area (TPSA) is 57.6 Å². The van der Waals surface area contributed by atoms with Crippen molar-refractivity contribution in [3.8, 4) is 0 Å². The van der Waals surface area contributed by atoms with Gasteiger partial charge in [0.1, 0.15) is 0 Å². The maximum Gasteiger partial charge on any atom is 0.218 e. The summed E-state index contributed by atoms with van der Waals surface area (Å²) in [5.74, 6) is -0.0224. The monoisotopic (exact) mass is 285 g/mol. The number of aliphatic hydroxyl groups excluding tert-OH is 1. The Morgan fingerprint density at radius 1 is 1.32 bits per heavy atom. The Labute approximate surface area is 116 Å². The Kier molecular flexibility index (Phi) is 5.97. The zero-order chi connectivity index (χ0) is 14.5. The summed E-state index contributed by atoms with van der Waals surface area (Å²) in [7, 11) is -1.68. The average molecular weight is 285 g/mol. The number of benzene rings is 1. The Morgan fingerprint density at radius 3 is 2.53 bits per heavy atom. The predicted molar refractivity (Wildman–Crippen MR) is 77.1 cm³/mol. The van der Waals surface area contributed by atoms with Crippen LogP contribution in [0.15, 0.2) is 24.3 Å². The molecule has 0 fully saturated rings. The van der Waals surface area contributed by atoms with Crippen molar-refractivity contribution < 1.29 is 13.5 Å². The first-order chi connectivity index (χ1) is 8.90. The zero-order valence-electron chi connectivity index (χ0n) is 11.8. The van der Waals surface area contributed by atoms with E-state index in [1.807, 2.05) is 13.8 Å². The maximum atomic E-state index is 12.3. The van der Waals surface area contributed by atoms with Gasteiger partial charge >= 0.3 is 0 Å². The van der Waals surface area contributed by atoms with E-state index in [9.17, 15) is 8.42 Å². The molecule has 1 aromatic rings. The number of nitrogens with zero attached hydrogens (tertiary/aromatic N) is 1. The first-order valence-electron chi connectivity index (χ1n) is 6.55. The number of sulfonamides is 1. The Bertz CT molecular complexity index is 499. The predicted octanol–water partition coefficient (Wildman–Crippen LogP) is 2.13. The fourth-order valence-corrected chi connectivity index (χ4v) is 3.46. The van der Waals surface area contributed by atoms with E-state index in [2.05, 4.69) is 0 Å². The summed E-state index contributed by atoms with van der Waals surface area (Å²) in [5, 5.41) is 9.07. The molecule has 19 heavy (non-hydrogen) atoms. The fourth-order valence-electron chi connectivity index (χ4n) is 2.00. The minimum Gasteiger partial charge on any atom is -0.392 e. The molecule has 4 nitrogen and oxygen atoms in total. The van der Waals surface area contributed by atoms with Gasteiger partial charge in [0.15, 0.2) is 0 Å². The average Bonchev–Trinajstić information content (AvgIpc) is 2.37. The van der Waals surface area contributed by atoms with Crippen molar-refractivity contribution in [2.24, 2.45) is 0 Å². The van der Waals surface area contributed by atoms with Gasteiger partial charge in [0.05, 0.1) is 12.4 Å². The number of hydrogen-bond acceptors (Lipinski definition) is 3. The molecular formula is C14H23NO3S. The molecule has 0 aromatic heterocycles. The van der Waals surface area contributed by atoms with Crippen LogP contribution in [0.4, 0.5) is 0 Å². The standard InChI is InChI=1S/C14H23NO3S/c1-4-6-12(2)15(3)19(17,18)11-14-8-5-7-13(9-14)10-16/h5,7-9,12,16H,4,6,10-11H2,1-3H3. The van der Waals surface area contributed by atoms with Crippen LogP contribution in [-0.4, -0.2) is 30.9 Å². The van der Waals surface area contributed by atoms with E-state index in [4.69, 9.17) is 5.11 Å². The highest BCUT2D eigenvalue weighted by Gasteiger charge is 2.22. The summed E-state index contributed by atoms with van der Waals surface area (Å²) in [6.45, 7) is 3.89. The number of hydrogen-bond donors (Lipinski definition) is 1. The molecule has 1 atom stereocenters. The van der Waals surface area contributed by atoms with E-state index in [1.165, 1.54) is 4.31 Å². The number of rotatable bonds is 7. The zero-order valence-corrected chi connectivity index (χ0v) is 12.7. The van der Waals surface area contributed by atoms with Crippen LogP contribution < -0.4 is 0 Å². The molecule has 0 radical (unpaired) electrons. The minimum absolute atomic E-state index is 0.0102. The molecule has 0 spiro atoms. The summed E-state index contributed by atoms with van der Waals surface area (Å²) in [5.41, 5.74) is 1.44. The van der Waals surface area contributed by atoms with Crippen LogP contribution in [0.2, 0.25) is 0 Å². The van der Waals surface area contributed by atoms with Crippen molar-refractivity contribution >= 4 is 10.0 Å². The molecule has 1 unspecified atom stereocenters. The van der Waals surface area contributed by atoms with Crippen molar-refractivity contribution in [1.82, 2.24) is 4.31 Å². The first kappa shape index (κ1) is 16.1. The second-order valence-electron chi connectivity index (χ2n) is 4.89. The smallest absolute Gasteiger partial charge is 0.218 e. The molecule has 0 aliphatic heterocycles. The molecule has 0 bridgehead atoms. The molecule has 0 aliphatic carbocycles. The summed E-state index contributed by atoms with van der Waals surface area (Å²) >= 11 is 0. The third-order valence-corrected chi connectivity index (χ3v) is 5.22. The van der Waals surface area contributed by atoms with E-state index in [-0.39, 0.29) is 18.4 Å².